The molecule has 0 bridgehead atoms. The summed E-state index contributed by atoms with van der Waals surface area (Å²) in [5.41, 5.74) is -0.0450. The third-order valence-electron chi connectivity index (χ3n) is 2.44. The van der Waals surface area contributed by atoms with E-state index in [0.717, 1.165) is 6.42 Å². The predicted octanol–water partition coefficient (Wildman–Crippen LogP) is 3.78. The first-order chi connectivity index (χ1) is 9.58. The molecule has 0 N–H and O–H groups in total. The highest BCUT2D eigenvalue weighted by molar-refractivity contribution is 6.29. The summed E-state index contributed by atoms with van der Waals surface area (Å²) in [6.07, 6.45) is 1.57. The van der Waals surface area contributed by atoms with E-state index >= 15 is 0 Å². The summed E-state index contributed by atoms with van der Waals surface area (Å²) in [6.45, 7) is 2.01. The van der Waals surface area contributed by atoms with Gasteiger partial charge in [0.15, 0.2) is 0 Å². The first-order valence-electron chi connectivity index (χ1n) is 6.04. The fourth-order valence-corrected chi connectivity index (χ4v) is 1.80. The summed E-state index contributed by atoms with van der Waals surface area (Å²) in [6, 6.07) is 7.35. The molecule has 0 saturated carbocycles. The molecule has 0 aliphatic heterocycles. The van der Waals surface area contributed by atoms with Crippen LogP contribution in [0.15, 0.2) is 30.3 Å². The standard InChI is InChI=1S/C13H12ClN3O3/c1-2-4-12-15-11(14)8-13(16-12)20-10-6-3-5-9(7-10)17(18)19/h3,5-8H,2,4H2,1H3. The molecule has 0 saturated heterocycles. The molecule has 0 fully saturated rings. The van der Waals surface area contributed by atoms with E-state index in [1.807, 2.05) is 6.92 Å². The SMILES string of the molecule is CCCc1nc(Cl)cc(Oc2cccc([N+](=O)[O-])c2)n1. The van der Waals surface area contributed by atoms with E-state index in [1.54, 1.807) is 12.1 Å². The predicted molar refractivity (Wildman–Crippen MR) is 74.2 cm³/mol. The number of aromatic nitrogens is 2. The van der Waals surface area contributed by atoms with E-state index in [0.29, 0.717) is 18.0 Å². The van der Waals surface area contributed by atoms with Gasteiger partial charge in [-0.2, -0.15) is 4.98 Å². The van der Waals surface area contributed by atoms with E-state index < -0.39 is 4.92 Å². The van der Waals surface area contributed by atoms with Gasteiger partial charge in [-0.05, 0) is 12.5 Å². The summed E-state index contributed by atoms with van der Waals surface area (Å²) in [5, 5.41) is 11.0. The number of aryl methyl sites for hydroxylation is 1. The normalized spacial score (nSPS) is 10.3. The Morgan fingerprint density at radius 1 is 1.35 bits per heavy atom. The van der Waals surface area contributed by atoms with Gasteiger partial charge in [0.1, 0.15) is 16.7 Å². The molecule has 0 amide bonds. The zero-order valence-electron chi connectivity index (χ0n) is 10.7. The van der Waals surface area contributed by atoms with Crippen molar-refractivity contribution in [1.29, 1.82) is 0 Å². The van der Waals surface area contributed by atoms with E-state index in [-0.39, 0.29) is 16.7 Å². The highest BCUT2D eigenvalue weighted by atomic mass is 35.5. The van der Waals surface area contributed by atoms with Crippen molar-refractivity contribution >= 4 is 17.3 Å². The largest absolute Gasteiger partial charge is 0.439 e. The van der Waals surface area contributed by atoms with Gasteiger partial charge in [-0.3, -0.25) is 10.1 Å². The molecule has 0 aliphatic carbocycles. The van der Waals surface area contributed by atoms with E-state index in [4.69, 9.17) is 16.3 Å². The minimum absolute atomic E-state index is 0.0450. The number of hydrogen-bond acceptors (Lipinski definition) is 5. The zero-order chi connectivity index (χ0) is 14.5. The summed E-state index contributed by atoms with van der Waals surface area (Å²) in [5.74, 6) is 1.19. The van der Waals surface area contributed by atoms with Crippen molar-refractivity contribution in [2.75, 3.05) is 0 Å². The molecule has 6 nitrogen and oxygen atoms in total. The molecule has 1 aromatic heterocycles. The molecule has 0 radical (unpaired) electrons. The van der Waals surface area contributed by atoms with Crippen molar-refractivity contribution in [1.82, 2.24) is 9.97 Å². The van der Waals surface area contributed by atoms with Gasteiger partial charge < -0.3 is 4.74 Å². The molecule has 2 rings (SSSR count). The van der Waals surface area contributed by atoms with Crippen LogP contribution in [-0.4, -0.2) is 14.9 Å². The van der Waals surface area contributed by atoms with Crippen LogP contribution in [0.5, 0.6) is 11.6 Å². The lowest BCUT2D eigenvalue weighted by Gasteiger charge is -2.06. The lowest BCUT2D eigenvalue weighted by Crippen LogP contribution is -1.98. The van der Waals surface area contributed by atoms with Gasteiger partial charge in [0.05, 0.1) is 11.0 Å². The van der Waals surface area contributed by atoms with Crippen molar-refractivity contribution in [3.8, 4) is 11.6 Å². The third-order valence-corrected chi connectivity index (χ3v) is 2.64. The Labute approximate surface area is 120 Å². The van der Waals surface area contributed by atoms with Crippen molar-refractivity contribution in [3.05, 3.63) is 51.4 Å². The van der Waals surface area contributed by atoms with Crippen LogP contribution in [0.4, 0.5) is 5.69 Å². The van der Waals surface area contributed by atoms with Crippen LogP contribution in [-0.2, 0) is 6.42 Å². The van der Waals surface area contributed by atoms with Gasteiger partial charge in [0, 0.05) is 18.6 Å². The topological polar surface area (TPSA) is 78.2 Å². The first kappa shape index (κ1) is 14.2. The van der Waals surface area contributed by atoms with E-state index in [2.05, 4.69) is 9.97 Å². The number of halogens is 1. The Bertz CT molecular complexity index is 634. The van der Waals surface area contributed by atoms with Crippen LogP contribution in [0.25, 0.3) is 0 Å². The fraction of sp³-hybridized carbons (Fsp3) is 0.231. The monoisotopic (exact) mass is 293 g/mol. The number of nitro benzene ring substituents is 1. The molecule has 1 aromatic carbocycles. The van der Waals surface area contributed by atoms with Gasteiger partial charge in [0.2, 0.25) is 5.88 Å². The van der Waals surface area contributed by atoms with Crippen LogP contribution in [0.3, 0.4) is 0 Å². The number of nitro groups is 1. The van der Waals surface area contributed by atoms with Gasteiger partial charge in [0.25, 0.3) is 5.69 Å². The average molecular weight is 294 g/mol. The smallest absolute Gasteiger partial charge is 0.273 e. The minimum atomic E-state index is -0.484. The quantitative estimate of drug-likeness (QED) is 0.476. The molecule has 0 aliphatic rings. The second-order valence-electron chi connectivity index (χ2n) is 4.05. The molecule has 104 valence electrons. The van der Waals surface area contributed by atoms with Crippen LogP contribution >= 0.6 is 11.6 Å². The first-order valence-corrected chi connectivity index (χ1v) is 6.42. The van der Waals surface area contributed by atoms with Crippen LogP contribution in [0.2, 0.25) is 5.15 Å². The summed E-state index contributed by atoms with van der Waals surface area (Å²) in [7, 11) is 0. The number of benzene rings is 1. The highest BCUT2D eigenvalue weighted by Gasteiger charge is 2.09. The van der Waals surface area contributed by atoms with Gasteiger partial charge >= 0.3 is 0 Å². The van der Waals surface area contributed by atoms with Crippen LogP contribution in [0, 0.1) is 10.1 Å². The number of nitrogens with zero attached hydrogens (tertiary/aromatic N) is 3. The Hall–Kier alpha value is -2.21. The number of rotatable bonds is 5. The molecule has 20 heavy (non-hydrogen) atoms. The Balaban J connectivity index is 2.25. The number of ether oxygens (including phenoxy) is 1. The fourth-order valence-electron chi connectivity index (χ4n) is 1.61. The molecule has 2 aromatic rings. The molecular weight excluding hydrogens is 282 g/mol. The lowest BCUT2D eigenvalue weighted by atomic mass is 10.3. The zero-order valence-corrected chi connectivity index (χ0v) is 11.5. The second-order valence-corrected chi connectivity index (χ2v) is 4.44. The number of non-ortho nitro benzene ring substituents is 1. The molecule has 0 unspecified atom stereocenters. The van der Waals surface area contributed by atoms with Crippen LogP contribution in [0.1, 0.15) is 19.2 Å². The van der Waals surface area contributed by atoms with Gasteiger partial charge in [-0.1, -0.05) is 24.6 Å². The third kappa shape index (κ3) is 3.64. The van der Waals surface area contributed by atoms with Gasteiger partial charge in [-0.25, -0.2) is 4.98 Å². The Morgan fingerprint density at radius 3 is 2.85 bits per heavy atom. The van der Waals surface area contributed by atoms with Crippen molar-refractivity contribution < 1.29 is 9.66 Å². The summed E-state index contributed by atoms with van der Waals surface area (Å²) >= 11 is 5.89. The van der Waals surface area contributed by atoms with Crippen molar-refractivity contribution in [2.24, 2.45) is 0 Å². The van der Waals surface area contributed by atoms with Crippen molar-refractivity contribution in [3.63, 3.8) is 0 Å². The average Bonchev–Trinajstić information content (AvgIpc) is 2.38. The minimum Gasteiger partial charge on any atom is -0.439 e. The van der Waals surface area contributed by atoms with E-state index in [9.17, 15) is 10.1 Å². The van der Waals surface area contributed by atoms with E-state index in [1.165, 1.54) is 18.2 Å². The second kappa shape index (κ2) is 6.29. The maximum Gasteiger partial charge on any atom is 0.273 e. The Morgan fingerprint density at radius 2 is 2.15 bits per heavy atom. The number of hydrogen-bond donors (Lipinski definition) is 0. The molecular formula is C13H12ClN3O3. The maximum absolute atomic E-state index is 10.7. The molecule has 7 heteroatoms. The van der Waals surface area contributed by atoms with Gasteiger partial charge in [-0.15, -0.1) is 0 Å². The molecule has 1 heterocycles. The van der Waals surface area contributed by atoms with Crippen LogP contribution < -0.4 is 4.74 Å². The Kier molecular flexibility index (Phi) is 4.47. The van der Waals surface area contributed by atoms with Crippen molar-refractivity contribution in [2.45, 2.75) is 19.8 Å². The molecule has 0 atom stereocenters. The summed E-state index contributed by atoms with van der Waals surface area (Å²) < 4.78 is 5.50. The maximum atomic E-state index is 10.7. The summed E-state index contributed by atoms with van der Waals surface area (Å²) in [4.78, 5) is 18.5. The highest BCUT2D eigenvalue weighted by Crippen LogP contribution is 2.25. The molecule has 0 spiro atoms. The lowest BCUT2D eigenvalue weighted by molar-refractivity contribution is -0.384.